The first-order chi connectivity index (χ1) is 6.38. The summed E-state index contributed by atoms with van der Waals surface area (Å²) in [7, 11) is 1.71. The summed E-state index contributed by atoms with van der Waals surface area (Å²) in [4.78, 5) is 7.74. The molecular weight excluding hydrogens is 160 g/mol. The topological polar surface area (TPSA) is 24.7 Å². The molecule has 13 heavy (non-hydrogen) atoms. The van der Waals surface area contributed by atoms with Crippen molar-refractivity contribution in [1.29, 1.82) is 0 Å². The second kappa shape index (κ2) is 6.98. The lowest BCUT2D eigenvalue weighted by molar-refractivity contribution is 1.39. The van der Waals surface area contributed by atoms with Crippen LogP contribution in [-0.4, -0.2) is 19.6 Å². The van der Waals surface area contributed by atoms with Gasteiger partial charge in [0.05, 0.1) is 0 Å². The molecule has 0 saturated carbocycles. The van der Waals surface area contributed by atoms with E-state index < -0.39 is 0 Å². The Balaban J connectivity index is 0.000000671. The van der Waals surface area contributed by atoms with Gasteiger partial charge in [0.15, 0.2) is 5.84 Å². The fourth-order valence-electron chi connectivity index (χ4n) is 0.878. The van der Waals surface area contributed by atoms with Crippen LogP contribution in [0.5, 0.6) is 0 Å². The Hall–Kier alpha value is -1.70. The van der Waals surface area contributed by atoms with Gasteiger partial charge in [0, 0.05) is 12.6 Å². The van der Waals surface area contributed by atoms with Crippen LogP contribution >= 0.6 is 0 Å². The Labute approximate surface area is 79.4 Å². The fraction of sp³-hybridized carbons (Fsp3) is 0.0909. The Morgan fingerprint density at radius 2 is 1.69 bits per heavy atom. The van der Waals surface area contributed by atoms with Gasteiger partial charge >= 0.3 is 0 Å². The third kappa shape index (κ3) is 3.47. The van der Waals surface area contributed by atoms with Crippen molar-refractivity contribution in [3.63, 3.8) is 0 Å². The predicted molar refractivity (Wildman–Crippen MR) is 59.7 cm³/mol. The normalized spacial score (nSPS) is 9.77. The van der Waals surface area contributed by atoms with Gasteiger partial charge in [-0.2, -0.15) is 0 Å². The minimum absolute atomic E-state index is 0.686. The first-order valence-electron chi connectivity index (χ1n) is 3.87. The first-order valence-corrected chi connectivity index (χ1v) is 3.87. The van der Waals surface area contributed by atoms with Crippen LogP contribution in [-0.2, 0) is 0 Å². The van der Waals surface area contributed by atoms with Crippen molar-refractivity contribution in [3.8, 4) is 0 Å². The fourth-order valence-corrected chi connectivity index (χ4v) is 0.878. The quantitative estimate of drug-likeness (QED) is 0.355. The number of hydrogen-bond acceptors (Lipinski definition) is 1. The molecule has 1 aromatic carbocycles. The maximum Gasteiger partial charge on any atom is 0.153 e. The molecule has 0 aliphatic rings. The lowest BCUT2D eigenvalue weighted by Gasteiger charge is -1.96. The summed E-state index contributed by atoms with van der Waals surface area (Å²) in [5.41, 5.74) is 1.00. The lowest BCUT2D eigenvalue weighted by atomic mass is 10.2. The van der Waals surface area contributed by atoms with Gasteiger partial charge in [0.1, 0.15) is 0 Å². The Morgan fingerprint density at radius 1 is 1.15 bits per heavy atom. The van der Waals surface area contributed by atoms with Crippen LogP contribution in [0.25, 0.3) is 0 Å². The summed E-state index contributed by atoms with van der Waals surface area (Å²) in [6.07, 6.45) is 0. The van der Waals surface area contributed by atoms with E-state index >= 15 is 0 Å². The predicted octanol–water partition coefficient (Wildman–Crippen LogP) is 2.57. The van der Waals surface area contributed by atoms with Gasteiger partial charge in [-0.05, 0) is 6.72 Å². The summed E-state index contributed by atoms with van der Waals surface area (Å²) in [5, 5.41) is 0. The molecule has 2 nitrogen and oxygen atoms in total. The average molecular weight is 174 g/mol. The minimum atomic E-state index is 0.686. The van der Waals surface area contributed by atoms with Crippen molar-refractivity contribution in [3.05, 3.63) is 49.1 Å². The van der Waals surface area contributed by atoms with Gasteiger partial charge in [-0.1, -0.05) is 30.3 Å². The zero-order chi connectivity index (χ0) is 10.1. The van der Waals surface area contributed by atoms with Crippen molar-refractivity contribution >= 4 is 12.6 Å². The van der Waals surface area contributed by atoms with Crippen molar-refractivity contribution in [2.24, 2.45) is 9.98 Å². The molecule has 0 aliphatic heterocycles. The molecule has 0 aromatic heterocycles. The van der Waals surface area contributed by atoms with E-state index in [0.29, 0.717) is 5.84 Å². The van der Waals surface area contributed by atoms with Gasteiger partial charge in [-0.15, -0.1) is 13.2 Å². The molecule has 1 rings (SSSR count). The highest BCUT2D eigenvalue weighted by Gasteiger charge is 1.95. The molecule has 0 heterocycles. The Kier molecular flexibility index (Phi) is 6.06. The highest BCUT2D eigenvalue weighted by molar-refractivity contribution is 6.01. The molecule has 0 unspecified atom stereocenters. The second-order valence-electron chi connectivity index (χ2n) is 2.07. The van der Waals surface area contributed by atoms with Gasteiger partial charge < -0.3 is 0 Å². The number of amidine groups is 1. The number of aliphatic imine (C=N–C) groups is 2. The molecule has 0 spiro atoms. The highest BCUT2D eigenvalue weighted by atomic mass is 14.9. The van der Waals surface area contributed by atoms with E-state index in [1.165, 1.54) is 0 Å². The van der Waals surface area contributed by atoms with Crippen LogP contribution in [0, 0.1) is 0 Å². The van der Waals surface area contributed by atoms with Crippen molar-refractivity contribution in [1.82, 2.24) is 0 Å². The second-order valence-corrected chi connectivity index (χ2v) is 2.07. The Morgan fingerprint density at radius 3 is 2.08 bits per heavy atom. The highest BCUT2D eigenvalue weighted by Crippen LogP contribution is 2.00. The average Bonchev–Trinajstić information content (AvgIpc) is 2.24. The van der Waals surface area contributed by atoms with Gasteiger partial charge in [0.2, 0.25) is 0 Å². The molecule has 0 N–H and O–H groups in total. The molecule has 68 valence electrons. The SMILES string of the molecule is C=C.C=NC(=NC)c1ccccc1. The van der Waals surface area contributed by atoms with Crippen LogP contribution < -0.4 is 0 Å². The van der Waals surface area contributed by atoms with Crippen LogP contribution in [0.3, 0.4) is 0 Å². The summed E-state index contributed by atoms with van der Waals surface area (Å²) in [6.45, 7) is 9.43. The molecular formula is C11H14N2. The maximum atomic E-state index is 3.96. The standard InChI is InChI=1S/C9H10N2.C2H4/c1-10-9(11-2)8-6-4-3-5-7-8;1-2/h3-7H,1H2,2H3;1-2H2. The van der Waals surface area contributed by atoms with Crippen LogP contribution in [0.15, 0.2) is 53.5 Å². The molecule has 0 amide bonds. The van der Waals surface area contributed by atoms with Crippen LogP contribution in [0.2, 0.25) is 0 Å². The van der Waals surface area contributed by atoms with Crippen molar-refractivity contribution in [2.45, 2.75) is 0 Å². The molecule has 0 atom stereocenters. The summed E-state index contributed by atoms with van der Waals surface area (Å²) in [5.74, 6) is 0.686. The third-order valence-corrected chi connectivity index (χ3v) is 1.39. The minimum Gasteiger partial charge on any atom is -0.270 e. The van der Waals surface area contributed by atoms with E-state index in [0.717, 1.165) is 5.56 Å². The number of hydrogen-bond donors (Lipinski definition) is 0. The third-order valence-electron chi connectivity index (χ3n) is 1.39. The van der Waals surface area contributed by atoms with E-state index in [9.17, 15) is 0 Å². The maximum absolute atomic E-state index is 3.96. The zero-order valence-corrected chi connectivity index (χ0v) is 7.90. The van der Waals surface area contributed by atoms with Crippen LogP contribution in [0.4, 0.5) is 0 Å². The molecule has 0 fully saturated rings. The number of nitrogens with zero attached hydrogens (tertiary/aromatic N) is 2. The zero-order valence-electron chi connectivity index (χ0n) is 7.90. The van der Waals surface area contributed by atoms with Crippen molar-refractivity contribution in [2.75, 3.05) is 7.05 Å². The first kappa shape index (κ1) is 11.3. The van der Waals surface area contributed by atoms with E-state index in [1.54, 1.807) is 7.05 Å². The van der Waals surface area contributed by atoms with E-state index in [-0.39, 0.29) is 0 Å². The van der Waals surface area contributed by atoms with E-state index in [1.807, 2.05) is 30.3 Å². The lowest BCUT2D eigenvalue weighted by Crippen LogP contribution is -1.94. The molecule has 0 aliphatic carbocycles. The number of rotatable bonds is 1. The molecule has 2 heteroatoms. The molecule has 0 radical (unpaired) electrons. The largest absolute Gasteiger partial charge is 0.270 e. The molecule has 0 saturated heterocycles. The molecule has 1 aromatic rings. The van der Waals surface area contributed by atoms with E-state index in [2.05, 4.69) is 29.9 Å². The Bertz CT molecular complexity index is 275. The van der Waals surface area contributed by atoms with Crippen molar-refractivity contribution < 1.29 is 0 Å². The van der Waals surface area contributed by atoms with Gasteiger partial charge in [0.25, 0.3) is 0 Å². The van der Waals surface area contributed by atoms with E-state index in [4.69, 9.17) is 0 Å². The molecule has 0 bridgehead atoms. The monoisotopic (exact) mass is 174 g/mol. The smallest absolute Gasteiger partial charge is 0.153 e. The van der Waals surface area contributed by atoms with Gasteiger partial charge in [-0.25, -0.2) is 4.99 Å². The number of benzene rings is 1. The summed E-state index contributed by atoms with van der Waals surface area (Å²) in [6, 6.07) is 9.77. The van der Waals surface area contributed by atoms with Gasteiger partial charge in [-0.3, -0.25) is 4.99 Å². The summed E-state index contributed by atoms with van der Waals surface area (Å²) >= 11 is 0. The van der Waals surface area contributed by atoms with Crippen LogP contribution in [0.1, 0.15) is 5.56 Å². The summed E-state index contributed by atoms with van der Waals surface area (Å²) < 4.78 is 0.